The molecule has 1 rings (SSSR count). The molecule has 0 aromatic rings. The van der Waals surface area contributed by atoms with E-state index in [0.29, 0.717) is 5.57 Å². The number of rotatable bonds is 2. The molecule has 1 heterocycles. The SMILES string of the molecule is C/C=C1/C(=O)N[C@@H](CC(=O)O)/C1=C/C. The van der Waals surface area contributed by atoms with Crippen molar-refractivity contribution in [3.8, 4) is 0 Å². The zero-order valence-electron chi connectivity index (χ0n) is 8.20. The molecule has 0 aromatic carbocycles. The average molecular weight is 195 g/mol. The Kier molecular flexibility index (Phi) is 3.06. The second kappa shape index (κ2) is 4.09. The third kappa shape index (κ3) is 1.84. The van der Waals surface area contributed by atoms with E-state index in [1.165, 1.54) is 0 Å². The maximum Gasteiger partial charge on any atom is 0.305 e. The molecule has 0 aromatic heterocycles. The van der Waals surface area contributed by atoms with Crippen molar-refractivity contribution in [3.63, 3.8) is 0 Å². The van der Waals surface area contributed by atoms with Crippen molar-refractivity contribution in [2.45, 2.75) is 26.3 Å². The quantitative estimate of drug-likeness (QED) is 0.642. The van der Waals surface area contributed by atoms with Gasteiger partial charge in [-0.1, -0.05) is 12.2 Å². The van der Waals surface area contributed by atoms with Crippen LogP contribution in [0.4, 0.5) is 0 Å². The maximum absolute atomic E-state index is 11.4. The second-order valence-electron chi connectivity index (χ2n) is 3.07. The highest BCUT2D eigenvalue weighted by atomic mass is 16.4. The molecule has 76 valence electrons. The monoisotopic (exact) mass is 195 g/mol. The number of hydrogen-bond donors (Lipinski definition) is 2. The van der Waals surface area contributed by atoms with Gasteiger partial charge in [-0.05, 0) is 19.4 Å². The lowest BCUT2D eigenvalue weighted by Crippen LogP contribution is -2.28. The van der Waals surface area contributed by atoms with E-state index in [9.17, 15) is 9.59 Å². The molecular weight excluding hydrogens is 182 g/mol. The van der Waals surface area contributed by atoms with Crippen molar-refractivity contribution < 1.29 is 14.7 Å². The van der Waals surface area contributed by atoms with Crippen molar-refractivity contribution in [3.05, 3.63) is 23.3 Å². The Balaban J connectivity index is 2.92. The molecule has 0 aliphatic carbocycles. The van der Waals surface area contributed by atoms with E-state index < -0.39 is 5.97 Å². The lowest BCUT2D eigenvalue weighted by atomic mass is 10.0. The molecule has 14 heavy (non-hydrogen) atoms. The van der Waals surface area contributed by atoms with Gasteiger partial charge < -0.3 is 10.4 Å². The van der Waals surface area contributed by atoms with Crippen molar-refractivity contribution in [2.75, 3.05) is 0 Å². The molecule has 1 saturated heterocycles. The fourth-order valence-electron chi connectivity index (χ4n) is 1.62. The van der Waals surface area contributed by atoms with Crippen molar-refractivity contribution in [1.82, 2.24) is 5.32 Å². The number of carboxylic acid groups (broad SMARTS) is 1. The summed E-state index contributed by atoms with van der Waals surface area (Å²) in [5, 5.41) is 11.3. The number of amides is 1. The first kappa shape index (κ1) is 10.5. The van der Waals surface area contributed by atoms with Gasteiger partial charge in [0.05, 0.1) is 12.5 Å². The minimum atomic E-state index is -0.910. The van der Waals surface area contributed by atoms with Crippen LogP contribution < -0.4 is 5.32 Å². The lowest BCUT2D eigenvalue weighted by Gasteiger charge is -2.07. The molecule has 0 spiro atoms. The van der Waals surface area contributed by atoms with Crippen LogP contribution in [-0.4, -0.2) is 23.0 Å². The van der Waals surface area contributed by atoms with E-state index in [0.717, 1.165) is 5.57 Å². The smallest absolute Gasteiger partial charge is 0.305 e. The Morgan fingerprint density at radius 2 is 2.14 bits per heavy atom. The van der Waals surface area contributed by atoms with E-state index in [2.05, 4.69) is 5.32 Å². The van der Waals surface area contributed by atoms with Gasteiger partial charge in [0.2, 0.25) is 0 Å². The van der Waals surface area contributed by atoms with Gasteiger partial charge in [0.1, 0.15) is 0 Å². The van der Waals surface area contributed by atoms with Gasteiger partial charge in [0.15, 0.2) is 0 Å². The van der Waals surface area contributed by atoms with E-state index in [1.807, 2.05) is 0 Å². The number of allylic oxidation sites excluding steroid dienone is 2. The molecule has 0 saturated carbocycles. The van der Waals surface area contributed by atoms with Gasteiger partial charge in [-0.15, -0.1) is 0 Å². The second-order valence-corrected chi connectivity index (χ2v) is 3.07. The normalized spacial score (nSPS) is 27.0. The molecule has 1 fully saturated rings. The number of carbonyl (C=O) groups excluding carboxylic acids is 1. The highest BCUT2D eigenvalue weighted by molar-refractivity contribution is 6.02. The Hall–Kier alpha value is -1.58. The van der Waals surface area contributed by atoms with Crippen molar-refractivity contribution >= 4 is 11.9 Å². The minimum Gasteiger partial charge on any atom is -0.481 e. The first-order valence-electron chi connectivity index (χ1n) is 4.45. The number of aliphatic carboxylic acids is 1. The summed E-state index contributed by atoms with van der Waals surface area (Å²) < 4.78 is 0. The molecule has 4 heteroatoms. The first-order valence-corrected chi connectivity index (χ1v) is 4.45. The molecule has 1 amide bonds. The maximum atomic E-state index is 11.4. The zero-order valence-corrected chi connectivity index (χ0v) is 8.20. The molecule has 2 N–H and O–H groups in total. The van der Waals surface area contributed by atoms with E-state index in [1.54, 1.807) is 26.0 Å². The number of nitrogens with one attached hydrogen (secondary N) is 1. The predicted octanol–water partition coefficient (Wildman–Crippen LogP) is 0.852. The van der Waals surface area contributed by atoms with Crippen LogP contribution in [0.1, 0.15) is 20.3 Å². The summed E-state index contributed by atoms with van der Waals surface area (Å²) in [5.74, 6) is -1.10. The molecular formula is C10H13NO3. The molecule has 4 nitrogen and oxygen atoms in total. The lowest BCUT2D eigenvalue weighted by molar-refractivity contribution is -0.137. The van der Waals surface area contributed by atoms with Gasteiger partial charge in [0.25, 0.3) is 5.91 Å². The number of carbonyl (C=O) groups is 2. The third-order valence-corrected chi connectivity index (χ3v) is 2.21. The standard InChI is InChI=1S/C10H13NO3/c1-3-6-7(4-2)10(14)11-8(6)5-9(12)13/h3-4,8H,5H2,1-2H3,(H,11,14)(H,12,13)/b6-3+,7-4+/t8-/m0/s1. The minimum absolute atomic E-state index is 0.0667. The Labute approximate surface area is 82.3 Å². The van der Waals surface area contributed by atoms with Gasteiger partial charge >= 0.3 is 5.97 Å². The zero-order chi connectivity index (χ0) is 10.7. The summed E-state index contributed by atoms with van der Waals surface area (Å²) in [6.45, 7) is 3.57. The van der Waals surface area contributed by atoms with Gasteiger partial charge in [-0.3, -0.25) is 9.59 Å². The largest absolute Gasteiger partial charge is 0.481 e. The molecule has 1 aliphatic heterocycles. The highest BCUT2D eigenvalue weighted by Crippen LogP contribution is 2.23. The van der Waals surface area contributed by atoms with Crippen LogP contribution in [0.3, 0.4) is 0 Å². The van der Waals surface area contributed by atoms with Crippen LogP contribution in [0.5, 0.6) is 0 Å². The Morgan fingerprint density at radius 1 is 1.50 bits per heavy atom. The fourth-order valence-corrected chi connectivity index (χ4v) is 1.62. The van der Waals surface area contributed by atoms with Crippen molar-refractivity contribution in [2.24, 2.45) is 0 Å². The first-order chi connectivity index (χ1) is 6.60. The fraction of sp³-hybridized carbons (Fsp3) is 0.400. The molecule has 0 unspecified atom stereocenters. The van der Waals surface area contributed by atoms with Crippen molar-refractivity contribution in [1.29, 1.82) is 0 Å². The topological polar surface area (TPSA) is 66.4 Å². The van der Waals surface area contributed by atoms with E-state index in [4.69, 9.17) is 5.11 Å². The van der Waals surface area contributed by atoms with Gasteiger partial charge in [-0.25, -0.2) is 0 Å². The Morgan fingerprint density at radius 3 is 2.57 bits per heavy atom. The summed E-state index contributed by atoms with van der Waals surface area (Å²) in [7, 11) is 0. The van der Waals surface area contributed by atoms with Gasteiger partial charge in [0, 0.05) is 5.57 Å². The summed E-state index contributed by atoms with van der Waals surface area (Å²) in [5.41, 5.74) is 1.36. The predicted molar refractivity (Wildman–Crippen MR) is 51.7 cm³/mol. The van der Waals surface area contributed by atoms with E-state index >= 15 is 0 Å². The summed E-state index contributed by atoms with van der Waals surface area (Å²) >= 11 is 0. The van der Waals surface area contributed by atoms with Crippen LogP contribution in [0, 0.1) is 0 Å². The van der Waals surface area contributed by atoms with Crippen LogP contribution in [0.15, 0.2) is 23.3 Å². The number of hydrogen-bond acceptors (Lipinski definition) is 2. The Bertz CT molecular complexity index is 328. The van der Waals surface area contributed by atoms with E-state index in [-0.39, 0.29) is 18.4 Å². The summed E-state index contributed by atoms with van der Waals surface area (Å²) in [6.07, 6.45) is 3.41. The van der Waals surface area contributed by atoms with Gasteiger partial charge in [-0.2, -0.15) is 0 Å². The molecule has 1 aliphatic rings. The molecule has 1 atom stereocenters. The highest BCUT2D eigenvalue weighted by Gasteiger charge is 2.31. The van der Waals surface area contributed by atoms with Crippen LogP contribution in [-0.2, 0) is 9.59 Å². The summed E-state index contributed by atoms with van der Waals surface area (Å²) in [6, 6.07) is -0.379. The number of carboxylic acids is 1. The summed E-state index contributed by atoms with van der Waals surface area (Å²) in [4.78, 5) is 21.9. The third-order valence-electron chi connectivity index (χ3n) is 2.21. The molecule has 0 bridgehead atoms. The van der Waals surface area contributed by atoms with Crippen LogP contribution >= 0.6 is 0 Å². The average Bonchev–Trinajstić information content (AvgIpc) is 2.39. The van der Waals surface area contributed by atoms with Crippen LogP contribution in [0.25, 0.3) is 0 Å². The van der Waals surface area contributed by atoms with Crippen LogP contribution in [0.2, 0.25) is 0 Å². The molecule has 0 radical (unpaired) electrons.